The summed E-state index contributed by atoms with van der Waals surface area (Å²) in [5.74, 6) is -0.757. The Morgan fingerprint density at radius 1 is 0.861 bits per heavy atom. The quantitative estimate of drug-likeness (QED) is 0.425. The van der Waals surface area contributed by atoms with E-state index in [9.17, 15) is 18.0 Å². The van der Waals surface area contributed by atoms with Crippen LogP contribution in [0.15, 0.2) is 89.8 Å². The normalized spacial score (nSPS) is 12.0. The number of hydrogen-bond donors (Lipinski definition) is 1. The second-order valence-corrected chi connectivity index (χ2v) is 10.2. The number of para-hydroxylation sites is 1. The highest BCUT2D eigenvalue weighted by molar-refractivity contribution is 7.92. The number of anilines is 1. The average molecular weight is 508 g/mol. The highest BCUT2D eigenvalue weighted by Crippen LogP contribution is 2.28. The molecular formula is C28H33N3O4S. The Labute approximate surface area is 213 Å². The van der Waals surface area contributed by atoms with Crippen molar-refractivity contribution in [2.45, 2.75) is 44.2 Å². The minimum atomic E-state index is -4.06. The monoisotopic (exact) mass is 507 g/mol. The van der Waals surface area contributed by atoms with E-state index < -0.39 is 28.5 Å². The molecule has 0 fully saturated rings. The molecule has 0 saturated carbocycles. The number of likely N-dealkylation sites (N-methyl/N-ethyl adjacent to an activating group) is 1. The van der Waals surface area contributed by atoms with Crippen LogP contribution in [0.3, 0.4) is 0 Å². The van der Waals surface area contributed by atoms with Gasteiger partial charge in [0.25, 0.3) is 10.0 Å². The van der Waals surface area contributed by atoms with Crippen molar-refractivity contribution in [3.63, 3.8) is 0 Å². The predicted octanol–water partition coefficient (Wildman–Crippen LogP) is 4.00. The van der Waals surface area contributed by atoms with Crippen LogP contribution in [0, 0.1) is 0 Å². The number of benzene rings is 3. The van der Waals surface area contributed by atoms with E-state index in [1.54, 1.807) is 30.3 Å². The molecule has 0 aromatic heterocycles. The molecule has 7 nitrogen and oxygen atoms in total. The molecule has 1 N–H and O–H groups in total. The molecule has 190 valence electrons. The van der Waals surface area contributed by atoms with Crippen molar-refractivity contribution < 1.29 is 18.0 Å². The summed E-state index contributed by atoms with van der Waals surface area (Å²) in [6.07, 6.45) is 0.976. The molecule has 1 atom stereocenters. The van der Waals surface area contributed by atoms with Gasteiger partial charge in [0.1, 0.15) is 12.6 Å². The minimum Gasteiger partial charge on any atom is -0.357 e. The van der Waals surface area contributed by atoms with Gasteiger partial charge in [-0.15, -0.1) is 0 Å². The van der Waals surface area contributed by atoms with Gasteiger partial charge in [0, 0.05) is 13.6 Å². The fraction of sp³-hybridized carbons (Fsp3) is 0.286. The van der Waals surface area contributed by atoms with Gasteiger partial charge in [-0.3, -0.25) is 13.9 Å². The number of rotatable bonds is 11. The number of amides is 2. The maximum Gasteiger partial charge on any atom is 0.264 e. The lowest BCUT2D eigenvalue weighted by molar-refractivity contribution is -0.140. The largest absolute Gasteiger partial charge is 0.357 e. The van der Waals surface area contributed by atoms with Crippen LogP contribution in [0.1, 0.15) is 31.4 Å². The Kier molecular flexibility index (Phi) is 9.25. The minimum absolute atomic E-state index is 0.0941. The van der Waals surface area contributed by atoms with E-state index in [2.05, 4.69) is 5.32 Å². The molecule has 0 unspecified atom stereocenters. The summed E-state index contributed by atoms with van der Waals surface area (Å²) in [7, 11) is -2.53. The van der Waals surface area contributed by atoms with Crippen LogP contribution in [-0.2, 0) is 32.6 Å². The maximum absolute atomic E-state index is 13.9. The van der Waals surface area contributed by atoms with Gasteiger partial charge in [-0.25, -0.2) is 8.42 Å². The van der Waals surface area contributed by atoms with Gasteiger partial charge in [0.15, 0.2) is 0 Å². The number of nitrogens with one attached hydrogen (secondary N) is 1. The van der Waals surface area contributed by atoms with Crippen molar-refractivity contribution in [1.29, 1.82) is 0 Å². The summed E-state index contributed by atoms with van der Waals surface area (Å²) in [6, 6.07) is 23.9. The molecule has 0 bridgehead atoms. The lowest BCUT2D eigenvalue weighted by Gasteiger charge is -2.33. The number of nitrogens with zero attached hydrogens (tertiary/aromatic N) is 2. The summed E-state index contributed by atoms with van der Waals surface area (Å²) < 4.78 is 28.8. The topological polar surface area (TPSA) is 86.8 Å². The van der Waals surface area contributed by atoms with E-state index in [-0.39, 0.29) is 17.3 Å². The van der Waals surface area contributed by atoms with E-state index in [0.717, 1.165) is 15.4 Å². The molecule has 0 spiro atoms. The standard InChI is InChI=1S/C28H33N3O4S/c1-4-23-16-12-13-19-26(23)31(36(34,35)24-17-10-7-11-18-24)21-27(32)30(25(5-2)28(33)29-3)20-22-14-8-6-9-15-22/h6-19,25H,4-5,20-21H2,1-3H3,(H,29,33)/t25-/m0/s1. The third-order valence-electron chi connectivity index (χ3n) is 6.08. The van der Waals surface area contributed by atoms with Crippen molar-refractivity contribution in [3.05, 3.63) is 96.1 Å². The Bertz CT molecular complexity index is 1260. The lowest BCUT2D eigenvalue weighted by Crippen LogP contribution is -2.51. The van der Waals surface area contributed by atoms with Gasteiger partial charge in [-0.05, 0) is 42.2 Å². The van der Waals surface area contributed by atoms with Gasteiger partial charge in [0.05, 0.1) is 10.6 Å². The molecule has 3 aromatic carbocycles. The molecule has 0 aliphatic carbocycles. The lowest BCUT2D eigenvalue weighted by atomic mass is 10.1. The van der Waals surface area contributed by atoms with Gasteiger partial charge in [-0.2, -0.15) is 0 Å². The molecular weight excluding hydrogens is 474 g/mol. The van der Waals surface area contributed by atoms with Crippen LogP contribution in [0.2, 0.25) is 0 Å². The van der Waals surface area contributed by atoms with Crippen molar-refractivity contribution in [2.24, 2.45) is 0 Å². The molecule has 3 rings (SSSR count). The third kappa shape index (κ3) is 6.12. The third-order valence-corrected chi connectivity index (χ3v) is 7.85. The molecule has 0 aliphatic heterocycles. The van der Waals surface area contributed by atoms with E-state index in [1.165, 1.54) is 24.1 Å². The number of aryl methyl sites for hydroxylation is 1. The molecule has 36 heavy (non-hydrogen) atoms. The number of sulfonamides is 1. The van der Waals surface area contributed by atoms with Crippen LogP contribution in [0.4, 0.5) is 5.69 Å². The van der Waals surface area contributed by atoms with Crippen molar-refractivity contribution in [3.8, 4) is 0 Å². The van der Waals surface area contributed by atoms with Crippen LogP contribution in [-0.4, -0.2) is 44.8 Å². The summed E-state index contributed by atoms with van der Waals surface area (Å²) in [5, 5.41) is 2.63. The van der Waals surface area contributed by atoms with E-state index in [1.807, 2.05) is 56.3 Å². The summed E-state index contributed by atoms with van der Waals surface area (Å²) in [5.41, 5.74) is 2.10. The van der Waals surface area contributed by atoms with Gasteiger partial charge < -0.3 is 10.2 Å². The second kappa shape index (κ2) is 12.4. The molecule has 0 radical (unpaired) electrons. The second-order valence-electron chi connectivity index (χ2n) is 8.35. The van der Waals surface area contributed by atoms with Crippen molar-refractivity contribution in [1.82, 2.24) is 10.2 Å². The Morgan fingerprint density at radius 3 is 2.03 bits per heavy atom. The first-order chi connectivity index (χ1) is 17.3. The first-order valence-corrected chi connectivity index (χ1v) is 13.5. The van der Waals surface area contributed by atoms with Gasteiger partial charge in [0.2, 0.25) is 11.8 Å². The summed E-state index contributed by atoms with van der Waals surface area (Å²) in [4.78, 5) is 28.1. The first-order valence-electron chi connectivity index (χ1n) is 12.0. The van der Waals surface area contributed by atoms with Crippen LogP contribution >= 0.6 is 0 Å². The van der Waals surface area contributed by atoms with Crippen LogP contribution in [0.25, 0.3) is 0 Å². The van der Waals surface area contributed by atoms with E-state index in [0.29, 0.717) is 18.5 Å². The van der Waals surface area contributed by atoms with Gasteiger partial charge >= 0.3 is 0 Å². The van der Waals surface area contributed by atoms with Crippen molar-refractivity contribution >= 4 is 27.5 Å². The van der Waals surface area contributed by atoms with Gasteiger partial charge in [-0.1, -0.05) is 80.6 Å². The Balaban J connectivity index is 2.08. The smallest absolute Gasteiger partial charge is 0.264 e. The summed E-state index contributed by atoms with van der Waals surface area (Å²) in [6.45, 7) is 3.51. The fourth-order valence-electron chi connectivity index (χ4n) is 4.15. The number of carbonyl (C=O) groups is 2. The zero-order valence-corrected chi connectivity index (χ0v) is 21.7. The molecule has 0 aliphatic rings. The number of carbonyl (C=O) groups excluding carboxylic acids is 2. The number of hydrogen-bond acceptors (Lipinski definition) is 4. The molecule has 8 heteroatoms. The average Bonchev–Trinajstić information content (AvgIpc) is 2.92. The summed E-state index contributed by atoms with van der Waals surface area (Å²) >= 11 is 0. The maximum atomic E-state index is 13.9. The van der Waals surface area contributed by atoms with Crippen molar-refractivity contribution in [2.75, 3.05) is 17.9 Å². The zero-order chi connectivity index (χ0) is 26.1. The Morgan fingerprint density at radius 2 is 1.44 bits per heavy atom. The zero-order valence-electron chi connectivity index (χ0n) is 20.9. The van der Waals surface area contributed by atoms with Crippen LogP contribution in [0.5, 0.6) is 0 Å². The fourth-order valence-corrected chi connectivity index (χ4v) is 5.63. The highest BCUT2D eigenvalue weighted by Gasteiger charge is 2.33. The first kappa shape index (κ1) is 26.9. The molecule has 2 amide bonds. The van der Waals surface area contributed by atoms with Crippen LogP contribution < -0.4 is 9.62 Å². The predicted molar refractivity (Wildman–Crippen MR) is 142 cm³/mol. The molecule has 0 saturated heterocycles. The highest BCUT2D eigenvalue weighted by atomic mass is 32.2. The van der Waals surface area contributed by atoms with E-state index >= 15 is 0 Å². The Hall–Kier alpha value is -3.65. The SMILES string of the molecule is CCc1ccccc1N(CC(=O)N(Cc1ccccc1)[C@@H](CC)C(=O)NC)S(=O)(=O)c1ccccc1. The molecule has 3 aromatic rings. The van der Waals surface area contributed by atoms with E-state index in [4.69, 9.17) is 0 Å². The molecule has 0 heterocycles.